The van der Waals surface area contributed by atoms with Gasteiger partial charge in [0.2, 0.25) is 0 Å². The Balaban J connectivity index is 1.76. The molecule has 0 saturated carbocycles. The van der Waals surface area contributed by atoms with E-state index < -0.39 is 11.7 Å². The summed E-state index contributed by atoms with van der Waals surface area (Å²) in [6.45, 7) is 4.27. The molecule has 0 unspecified atom stereocenters. The molecule has 0 spiro atoms. The molecule has 2 N–H and O–H groups in total. The maximum atomic E-state index is 12.8. The Morgan fingerprint density at radius 1 is 1.12 bits per heavy atom. The van der Waals surface area contributed by atoms with Crippen LogP contribution in [0.15, 0.2) is 54.7 Å². The minimum atomic E-state index is -4.40. The number of benzene rings is 2. The Morgan fingerprint density at radius 3 is 2.22 bits per heavy atom. The van der Waals surface area contributed by atoms with Gasteiger partial charge in [-0.15, -0.1) is 0 Å². The number of nitrogens with one attached hydrogen (secondary N) is 2. The van der Waals surface area contributed by atoms with Crippen LogP contribution in [0, 0.1) is 6.92 Å². The molecule has 5 nitrogen and oxygen atoms in total. The van der Waals surface area contributed by atoms with Gasteiger partial charge in [-0.05, 0) is 67.3 Å². The van der Waals surface area contributed by atoms with E-state index in [9.17, 15) is 18.0 Å². The molecule has 0 atom stereocenters. The molecule has 32 heavy (non-hydrogen) atoms. The summed E-state index contributed by atoms with van der Waals surface area (Å²) in [5.74, 6) is 0.313. The molecule has 10 heteroatoms. The van der Waals surface area contributed by atoms with E-state index >= 15 is 0 Å². The summed E-state index contributed by atoms with van der Waals surface area (Å²) in [7, 11) is 0. The standard InChI is InChI=1S/C22H19ClF3N3O2S/c1-3-27-12-18(20(30)28-21-19(23)13(2)29-32-21)14-4-8-16(9-5-14)31-17-10-6-15(7-11-17)22(24,25)26/h4-12,27H,3H2,1-2H3,(H,28,30)/b18-12+. The van der Waals surface area contributed by atoms with Crippen molar-refractivity contribution in [1.29, 1.82) is 0 Å². The van der Waals surface area contributed by atoms with Crippen molar-refractivity contribution in [3.8, 4) is 11.5 Å². The smallest absolute Gasteiger partial charge is 0.416 e. The van der Waals surface area contributed by atoms with Crippen molar-refractivity contribution in [3.63, 3.8) is 0 Å². The lowest BCUT2D eigenvalue weighted by molar-refractivity contribution is -0.137. The summed E-state index contributed by atoms with van der Waals surface area (Å²) in [4.78, 5) is 12.8. The second-order valence-electron chi connectivity index (χ2n) is 6.63. The average Bonchev–Trinajstić information content (AvgIpc) is 3.07. The van der Waals surface area contributed by atoms with Crippen LogP contribution in [-0.4, -0.2) is 16.8 Å². The summed E-state index contributed by atoms with van der Waals surface area (Å²) in [6.07, 6.45) is -2.80. The highest BCUT2D eigenvalue weighted by Gasteiger charge is 2.30. The fraction of sp³-hybridized carbons (Fsp3) is 0.182. The lowest BCUT2D eigenvalue weighted by Gasteiger charge is -2.11. The first-order valence-electron chi connectivity index (χ1n) is 9.51. The van der Waals surface area contributed by atoms with Gasteiger partial charge in [0.05, 0.1) is 21.9 Å². The van der Waals surface area contributed by atoms with Gasteiger partial charge in [-0.25, -0.2) is 0 Å². The summed E-state index contributed by atoms with van der Waals surface area (Å²) in [5.41, 5.74) is 0.866. The van der Waals surface area contributed by atoms with Crippen LogP contribution in [0.1, 0.15) is 23.7 Å². The van der Waals surface area contributed by atoms with E-state index in [1.165, 1.54) is 12.1 Å². The number of hydrogen-bond donors (Lipinski definition) is 2. The van der Waals surface area contributed by atoms with Crippen LogP contribution >= 0.6 is 23.1 Å². The van der Waals surface area contributed by atoms with Crippen molar-refractivity contribution < 1.29 is 22.7 Å². The lowest BCUT2D eigenvalue weighted by Crippen LogP contribution is -2.16. The van der Waals surface area contributed by atoms with Gasteiger partial charge in [0.25, 0.3) is 5.91 Å². The topological polar surface area (TPSA) is 63.2 Å². The largest absolute Gasteiger partial charge is 0.457 e. The second kappa shape index (κ2) is 10.1. The quantitative estimate of drug-likeness (QED) is 0.378. The highest BCUT2D eigenvalue weighted by molar-refractivity contribution is 7.11. The molecule has 0 bridgehead atoms. The normalized spacial score (nSPS) is 11.9. The molecule has 3 rings (SSSR count). The van der Waals surface area contributed by atoms with Crippen LogP contribution in [0.3, 0.4) is 0 Å². The molecular weight excluding hydrogens is 463 g/mol. The zero-order chi connectivity index (χ0) is 23.3. The van der Waals surface area contributed by atoms with Crippen LogP contribution < -0.4 is 15.4 Å². The van der Waals surface area contributed by atoms with Crippen molar-refractivity contribution in [1.82, 2.24) is 9.69 Å². The first-order valence-corrected chi connectivity index (χ1v) is 10.7. The van der Waals surface area contributed by atoms with Gasteiger partial charge in [0, 0.05) is 12.7 Å². The van der Waals surface area contributed by atoms with Gasteiger partial charge in [0.1, 0.15) is 16.5 Å². The van der Waals surface area contributed by atoms with Gasteiger partial charge in [-0.1, -0.05) is 23.7 Å². The average molecular weight is 482 g/mol. The number of amides is 1. The van der Waals surface area contributed by atoms with Gasteiger partial charge in [-0.3, -0.25) is 4.79 Å². The Hall–Kier alpha value is -3.04. The van der Waals surface area contributed by atoms with E-state index in [0.717, 1.165) is 23.7 Å². The first kappa shape index (κ1) is 23.6. The number of nitrogens with zero attached hydrogens (tertiary/aromatic N) is 1. The number of rotatable bonds is 7. The highest BCUT2D eigenvalue weighted by atomic mass is 35.5. The minimum absolute atomic E-state index is 0.266. The van der Waals surface area contributed by atoms with Crippen molar-refractivity contribution in [2.75, 3.05) is 11.9 Å². The molecule has 0 aliphatic carbocycles. The van der Waals surface area contributed by atoms with Crippen molar-refractivity contribution in [2.24, 2.45) is 0 Å². The third-order valence-corrected chi connectivity index (χ3v) is 5.72. The van der Waals surface area contributed by atoms with E-state index in [1.54, 1.807) is 37.4 Å². The molecule has 1 aromatic heterocycles. The Bertz CT molecular complexity index is 1110. The lowest BCUT2D eigenvalue weighted by atomic mass is 10.1. The zero-order valence-corrected chi connectivity index (χ0v) is 18.7. The van der Waals surface area contributed by atoms with Crippen LogP contribution in [0.2, 0.25) is 5.02 Å². The van der Waals surface area contributed by atoms with Crippen LogP contribution in [0.4, 0.5) is 18.2 Å². The Morgan fingerprint density at radius 2 is 1.72 bits per heavy atom. The van der Waals surface area contributed by atoms with Gasteiger partial charge in [0.15, 0.2) is 0 Å². The maximum absolute atomic E-state index is 12.8. The fourth-order valence-electron chi connectivity index (χ4n) is 2.64. The van der Waals surface area contributed by atoms with Crippen LogP contribution in [0.25, 0.3) is 5.57 Å². The minimum Gasteiger partial charge on any atom is -0.457 e. The van der Waals surface area contributed by atoms with Crippen LogP contribution in [0.5, 0.6) is 11.5 Å². The molecule has 3 aromatic rings. The molecule has 0 aliphatic rings. The third kappa shape index (κ3) is 5.80. The summed E-state index contributed by atoms with van der Waals surface area (Å²) in [5, 5.41) is 6.63. The number of carbonyl (C=O) groups excluding carboxylic acids is 1. The fourth-order valence-corrected chi connectivity index (χ4v) is 3.57. The number of ether oxygens (including phenoxy) is 1. The molecule has 2 aromatic carbocycles. The van der Waals surface area contributed by atoms with Gasteiger partial charge >= 0.3 is 6.18 Å². The number of hydrogen-bond acceptors (Lipinski definition) is 5. The van der Waals surface area contributed by atoms with Crippen molar-refractivity contribution in [2.45, 2.75) is 20.0 Å². The van der Waals surface area contributed by atoms with E-state index in [1.807, 2.05) is 6.92 Å². The Labute approximate surface area is 192 Å². The number of aromatic nitrogens is 1. The summed E-state index contributed by atoms with van der Waals surface area (Å²) < 4.78 is 47.8. The number of anilines is 1. The van der Waals surface area contributed by atoms with Crippen molar-refractivity contribution >= 4 is 39.6 Å². The SMILES string of the molecule is CCN/C=C(/C(=O)Nc1snc(C)c1Cl)c1ccc(Oc2ccc(C(F)(F)F)cc2)cc1. The monoisotopic (exact) mass is 481 g/mol. The van der Waals surface area contributed by atoms with Crippen LogP contribution in [-0.2, 0) is 11.0 Å². The summed E-state index contributed by atoms with van der Waals surface area (Å²) in [6, 6.07) is 11.0. The second-order valence-corrected chi connectivity index (χ2v) is 7.78. The zero-order valence-electron chi connectivity index (χ0n) is 17.1. The van der Waals surface area contributed by atoms with E-state index in [4.69, 9.17) is 16.3 Å². The third-order valence-electron chi connectivity index (χ3n) is 4.30. The number of halogens is 4. The Kier molecular flexibility index (Phi) is 7.42. The van der Waals surface area contributed by atoms with Gasteiger partial charge in [-0.2, -0.15) is 17.5 Å². The predicted molar refractivity (Wildman–Crippen MR) is 120 cm³/mol. The van der Waals surface area contributed by atoms with E-state index in [2.05, 4.69) is 15.0 Å². The molecular formula is C22H19ClF3N3O2S. The number of carbonyl (C=O) groups is 1. The number of aryl methyl sites for hydroxylation is 1. The first-order chi connectivity index (χ1) is 15.2. The maximum Gasteiger partial charge on any atom is 0.416 e. The van der Waals surface area contributed by atoms with Gasteiger partial charge < -0.3 is 15.4 Å². The van der Waals surface area contributed by atoms with Crippen molar-refractivity contribution in [3.05, 3.63) is 76.6 Å². The molecule has 0 radical (unpaired) electrons. The highest BCUT2D eigenvalue weighted by Crippen LogP contribution is 2.32. The molecule has 0 saturated heterocycles. The summed E-state index contributed by atoms with van der Waals surface area (Å²) >= 11 is 7.25. The molecule has 0 aliphatic heterocycles. The van der Waals surface area contributed by atoms with E-state index in [0.29, 0.717) is 39.1 Å². The van der Waals surface area contributed by atoms with E-state index in [-0.39, 0.29) is 11.7 Å². The molecule has 1 amide bonds. The molecule has 0 fully saturated rings. The molecule has 168 valence electrons. The number of alkyl halides is 3. The predicted octanol–water partition coefficient (Wildman–Crippen LogP) is 6.51. The molecule has 1 heterocycles.